The zero-order chi connectivity index (χ0) is 11.8. The van der Waals surface area contributed by atoms with Crippen LogP contribution >= 0.6 is 22.6 Å². The number of alkyl carbamates (subject to hydrolysis) is 1. The molecule has 16 heavy (non-hydrogen) atoms. The predicted molar refractivity (Wildman–Crippen MR) is 61.3 cm³/mol. The molecule has 1 aromatic carbocycles. The highest BCUT2D eigenvalue weighted by molar-refractivity contribution is 14.1. The summed E-state index contributed by atoms with van der Waals surface area (Å²) in [7, 11) is 0. The molecule has 3 nitrogen and oxygen atoms in total. The molecule has 2 rings (SSSR count). The van der Waals surface area contributed by atoms with Crippen LogP contribution in [0.4, 0.5) is 13.6 Å². The van der Waals surface area contributed by atoms with Crippen LogP contribution in [-0.4, -0.2) is 18.6 Å². The smallest absolute Gasteiger partial charge is 0.408 e. The number of rotatable bonds is 1. The zero-order valence-corrected chi connectivity index (χ0v) is 10.2. The van der Waals surface area contributed by atoms with E-state index in [4.69, 9.17) is 0 Å². The fraction of sp³-hybridized carbons (Fsp3) is 0.300. The van der Waals surface area contributed by atoms with Crippen molar-refractivity contribution in [1.82, 2.24) is 5.32 Å². The third-order valence-corrected chi connectivity index (χ3v) is 3.28. The van der Waals surface area contributed by atoms with Gasteiger partial charge in [-0.3, -0.25) is 0 Å². The van der Waals surface area contributed by atoms with E-state index in [1.54, 1.807) is 24.3 Å². The monoisotopic (exact) mass is 339 g/mol. The van der Waals surface area contributed by atoms with E-state index in [0.29, 0.717) is 9.13 Å². The maximum Gasteiger partial charge on any atom is 0.408 e. The molecule has 0 radical (unpaired) electrons. The molecule has 1 amide bonds. The molecule has 1 fully saturated rings. The van der Waals surface area contributed by atoms with Crippen molar-refractivity contribution in [3.05, 3.63) is 33.4 Å². The fourth-order valence-electron chi connectivity index (χ4n) is 1.52. The summed E-state index contributed by atoms with van der Waals surface area (Å²) >= 11 is 1.96. The normalized spacial score (nSPS) is 23.4. The number of hydrogen-bond donors (Lipinski definition) is 1. The summed E-state index contributed by atoms with van der Waals surface area (Å²) in [5, 5.41) is 2.15. The molecule has 1 N–H and O–H groups in total. The third kappa shape index (κ3) is 2.11. The highest BCUT2D eigenvalue weighted by atomic mass is 127. The van der Waals surface area contributed by atoms with Gasteiger partial charge in [0.25, 0.3) is 0 Å². The van der Waals surface area contributed by atoms with Crippen LogP contribution in [-0.2, 0) is 4.74 Å². The number of benzene rings is 1. The Kier molecular flexibility index (Phi) is 3.00. The lowest BCUT2D eigenvalue weighted by molar-refractivity contribution is -0.104. The molecule has 0 unspecified atom stereocenters. The molecule has 0 aromatic heterocycles. The molecule has 86 valence electrons. The number of alkyl halides is 2. The Bertz CT molecular complexity index is 425. The van der Waals surface area contributed by atoms with Crippen molar-refractivity contribution in [2.75, 3.05) is 6.61 Å². The van der Waals surface area contributed by atoms with Gasteiger partial charge in [0.2, 0.25) is 0 Å². The second kappa shape index (κ2) is 4.15. The first kappa shape index (κ1) is 11.6. The second-order valence-electron chi connectivity index (χ2n) is 3.44. The van der Waals surface area contributed by atoms with E-state index in [0.717, 1.165) is 0 Å². The number of halogens is 3. The third-order valence-electron chi connectivity index (χ3n) is 2.30. The van der Waals surface area contributed by atoms with Gasteiger partial charge in [-0.1, -0.05) is 18.2 Å². The van der Waals surface area contributed by atoms with Crippen LogP contribution in [0.2, 0.25) is 0 Å². The molecule has 0 aliphatic carbocycles. The van der Waals surface area contributed by atoms with Crippen LogP contribution < -0.4 is 5.32 Å². The van der Waals surface area contributed by atoms with Gasteiger partial charge in [-0.15, -0.1) is 0 Å². The van der Waals surface area contributed by atoms with Crippen LogP contribution in [0.5, 0.6) is 0 Å². The average molecular weight is 339 g/mol. The van der Waals surface area contributed by atoms with Crippen molar-refractivity contribution in [1.29, 1.82) is 0 Å². The van der Waals surface area contributed by atoms with E-state index in [9.17, 15) is 13.6 Å². The number of ether oxygens (including phenoxy) is 1. The van der Waals surface area contributed by atoms with Gasteiger partial charge in [-0.25, -0.2) is 13.6 Å². The second-order valence-corrected chi connectivity index (χ2v) is 4.60. The molecule has 1 aliphatic rings. The van der Waals surface area contributed by atoms with Crippen LogP contribution in [0.15, 0.2) is 24.3 Å². The number of carbonyl (C=O) groups excluding carboxylic acids is 1. The van der Waals surface area contributed by atoms with Gasteiger partial charge in [-0.05, 0) is 34.2 Å². The maximum atomic E-state index is 13.6. The highest BCUT2D eigenvalue weighted by Crippen LogP contribution is 2.36. The first-order valence-corrected chi connectivity index (χ1v) is 5.64. The van der Waals surface area contributed by atoms with Gasteiger partial charge in [0.15, 0.2) is 6.61 Å². The Morgan fingerprint density at radius 2 is 2.12 bits per heavy atom. The average Bonchev–Trinajstić information content (AvgIpc) is 2.23. The van der Waals surface area contributed by atoms with Crippen molar-refractivity contribution in [2.45, 2.75) is 12.0 Å². The van der Waals surface area contributed by atoms with Gasteiger partial charge >= 0.3 is 12.0 Å². The van der Waals surface area contributed by atoms with Gasteiger partial charge in [0.1, 0.15) is 6.04 Å². The molecule has 1 aliphatic heterocycles. The predicted octanol–water partition coefficient (Wildman–Crippen LogP) is 2.71. The summed E-state index contributed by atoms with van der Waals surface area (Å²) in [6, 6.07) is 5.39. The molecule has 0 bridgehead atoms. The minimum atomic E-state index is -3.09. The molecule has 6 heteroatoms. The van der Waals surface area contributed by atoms with Crippen LogP contribution in [0.1, 0.15) is 11.6 Å². The summed E-state index contributed by atoms with van der Waals surface area (Å²) in [6.07, 6.45) is -0.810. The van der Waals surface area contributed by atoms with Crippen molar-refractivity contribution in [2.24, 2.45) is 0 Å². The number of amides is 1. The summed E-state index contributed by atoms with van der Waals surface area (Å²) in [6.45, 7) is -0.880. The van der Waals surface area contributed by atoms with Gasteiger partial charge in [0.05, 0.1) is 0 Å². The van der Waals surface area contributed by atoms with Crippen LogP contribution in [0.25, 0.3) is 0 Å². The van der Waals surface area contributed by atoms with Gasteiger partial charge in [0, 0.05) is 3.57 Å². The van der Waals surface area contributed by atoms with E-state index in [1.165, 1.54) is 0 Å². The molecule has 1 saturated heterocycles. The minimum absolute atomic E-state index is 0.407. The molecule has 0 spiro atoms. The number of nitrogens with one attached hydrogen (secondary N) is 1. The Morgan fingerprint density at radius 3 is 2.81 bits per heavy atom. The van der Waals surface area contributed by atoms with Crippen LogP contribution in [0.3, 0.4) is 0 Å². The summed E-state index contributed by atoms with van der Waals surface area (Å²) in [4.78, 5) is 11.0. The van der Waals surface area contributed by atoms with Crippen molar-refractivity contribution in [3.8, 4) is 0 Å². The molecule has 0 saturated carbocycles. The van der Waals surface area contributed by atoms with E-state index < -0.39 is 24.7 Å². The van der Waals surface area contributed by atoms with Crippen molar-refractivity contribution in [3.63, 3.8) is 0 Å². The SMILES string of the molecule is O=C1N[C@@H](c2ccccc2I)C(F)(F)CO1. The number of hydrogen-bond acceptors (Lipinski definition) is 2. The Morgan fingerprint density at radius 1 is 1.44 bits per heavy atom. The summed E-state index contributed by atoms with van der Waals surface area (Å²) < 4.78 is 32.1. The Hall–Kier alpha value is -0.920. The fourth-order valence-corrected chi connectivity index (χ4v) is 2.22. The van der Waals surface area contributed by atoms with E-state index in [2.05, 4.69) is 10.1 Å². The summed E-state index contributed by atoms with van der Waals surface area (Å²) in [5.41, 5.74) is 0.407. The zero-order valence-electron chi connectivity index (χ0n) is 8.04. The molecule has 1 aromatic rings. The summed E-state index contributed by atoms with van der Waals surface area (Å²) in [5.74, 6) is -3.09. The molecular formula is C10H8F2INO2. The van der Waals surface area contributed by atoms with E-state index in [1.807, 2.05) is 22.6 Å². The highest BCUT2D eigenvalue weighted by Gasteiger charge is 2.47. The van der Waals surface area contributed by atoms with E-state index in [-0.39, 0.29) is 0 Å². The topological polar surface area (TPSA) is 38.3 Å². The molecule has 1 heterocycles. The van der Waals surface area contributed by atoms with Gasteiger partial charge in [-0.2, -0.15) is 0 Å². The Labute approximate surface area is 104 Å². The largest absolute Gasteiger partial charge is 0.443 e. The molecule has 1 atom stereocenters. The lowest BCUT2D eigenvalue weighted by Crippen LogP contribution is -2.49. The standard InChI is InChI=1S/C10H8F2INO2/c11-10(12)5-16-9(15)14-8(10)6-3-1-2-4-7(6)13/h1-4,8H,5H2,(H,14,15)/t8-/m0/s1. The minimum Gasteiger partial charge on any atom is -0.443 e. The van der Waals surface area contributed by atoms with Gasteiger partial charge < -0.3 is 10.1 Å². The quantitative estimate of drug-likeness (QED) is 0.799. The number of carbonyl (C=O) groups is 1. The lowest BCUT2D eigenvalue weighted by atomic mass is 10.0. The lowest BCUT2D eigenvalue weighted by Gasteiger charge is -2.32. The first-order chi connectivity index (χ1) is 7.50. The maximum absolute atomic E-state index is 13.6. The van der Waals surface area contributed by atoms with E-state index >= 15 is 0 Å². The molecular weight excluding hydrogens is 331 g/mol. The van der Waals surface area contributed by atoms with Crippen molar-refractivity contribution < 1.29 is 18.3 Å². The van der Waals surface area contributed by atoms with Crippen LogP contribution in [0, 0.1) is 3.57 Å². The number of cyclic esters (lactones) is 1. The van der Waals surface area contributed by atoms with Crippen molar-refractivity contribution >= 4 is 28.7 Å². The first-order valence-electron chi connectivity index (χ1n) is 4.56. The Balaban J connectivity index is 2.38.